The summed E-state index contributed by atoms with van der Waals surface area (Å²) in [6.45, 7) is -2.82. The van der Waals surface area contributed by atoms with Gasteiger partial charge in [0.05, 0.1) is 0 Å². The molecule has 678 valence electrons. The van der Waals surface area contributed by atoms with Gasteiger partial charge in [-0.15, -0.1) is 287 Å². The van der Waals surface area contributed by atoms with Crippen molar-refractivity contribution in [2.75, 3.05) is 0 Å². The van der Waals surface area contributed by atoms with Crippen molar-refractivity contribution in [1.82, 2.24) is 39.9 Å². The number of rotatable bonds is 16. The number of nitrogens with zero attached hydrogens (tertiary/aromatic N) is 8. The predicted octanol–water partition coefficient (Wildman–Crippen LogP) is 30.4. The molecule has 0 saturated carbocycles. The summed E-state index contributed by atoms with van der Waals surface area (Å²) in [6, 6.07) is 152. The second kappa shape index (κ2) is 57.7. The van der Waals surface area contributed by atoms with E-state index in [1.54, 1.807) is 85.8 Å². The van der Waals surface area contributed by atoms with Crippen LogP contribution in [-0.2, 0) is 93.2 Å². The normalized spacial score (nSPS) is 12.7. The van der Waals surface area contributed by atoms with Crippen LogP contribution in [-0.4, -0.2) is 39.9 Å². The summed E-state index contributed by atoms with van der Waals surface area (Å²) in [6.07, 6.45) is 11.5. The topological polar surface area (TPSA) is 103 Å². The van der Waals surface area contributed by atoms with E-state index in [1.165, 1.54) is 37.1 Å². The SMILES string of the molecule is Cc1ccccc1-c1ccc(-c2[c-]cccc2)nc1.[2H]C([2H])([2H])C([2H])(C)Cc1cc(-c2ccc(-c3[c-]cccc3)nc2)ccc1F.[2H]C([2H])([2H])C([2H])(C)c1ccccc1-c1ccc(-c2[c-]cccc2)nc1.[2H]C([2H])([2H])C([2H])([2H])c1ccccc1-c1ccc(-c2[c-]cccc2)nc1.[Ir].[Ir].[Ir].[Ir].[c-]1ccccc1-c1ccccn1.[c-]1ccccc1-c1ccccn1.[c-]1ccccc1-c1ccccn1.[c-]1ccccc1-c1ccccn1. The van der Waals surface area contributed by atoms with E-state index in [2.05, 4.69) is 126 Å². The minimum absolute atomic E-state index is 0. The van der Waals surface area contributed by atoms with Gasteiger partial charge in [-0.2, -0.15) is 0 Å². The number of halogens is 1. The van der Waals surface area contributed by atoms with Gasteiger partial charge in [0.1, 0.15) is 5.82 Å². The molecule has 20 rings (SSSR count). The van der Waals surface area contributed by atoms with Gasteiger partial charge in [-0.25, -0.2) is 4.39 Å². The minimum atomic E-state index is -2.75. The van der Waals surface area contributed by atoms with Crippen LogP contribution in [0.15, 0.2) is 456 Å². The zero-order valence-electron chi connectivity index (χ0n) is 86.8. The Morgan fingerprint density at radius 3 is 0.874 bits per heavy atom. The largest absolute Gasteiger partial charge is 0.305 e. The number of aryl methyl sites for hydroxylation is 2. The Morgan fingerprint density at radius 2 is 0.570 bits per heavy atom. The molecule has 0 N–H and O–H groups in total. The summed E-state index contributed by atoms with van der Waals surface area (Å²) < 4.78 is 115. The molecule has 0 aliphatic rings. The Hall–Kier alpha value is -13.6. The van der Waals surface area contributed by atoms with Crippen molar-refractivity contribution in [1.29, 1.82) is 0 Å². The van der Waals surface area contributed by atoms with Crippen LogP contribution >= 0.6 is 0 Å². The third-order valence-electron chi connectivity index (χ3n) is 19.9. The molecule has 20 aromatic rings. The number of hydrogen-bond acceptors (Lipinski definition) is 8. The summed E-state index contributed by atoms with van der Waals surface area (Å²) in [5.41, 5.74) is 23.7. The number of benzene rings is 12. The zero-order chi connectivity index (χ0) is 102. The van der Waals surface area contributed by atoms with Crippen LogP contribution < -0.4 is 0 Å². The summed E-state index contributed by atoms with van der Waals surface area (Å²) in [4.78, 5) is 34.7. The number of aromatic nitrogens is 8. The molecular formula is C122H99FIr4N8-8. The fraction of sp³-hybridized carbons (Fsp3) is 0.0820. The third kappa shape index (κ3) is 32.9. The van der Waals surface area contributed by atoms with Gasteiger partial charge >= 0.3 is 0 Å². The van der Waals surface area contributed by atoms with E-state index in [1.807, 2.05) is 328 Å². The maximum Gasteiger partial charge on any atom is 0.126 e. The molecule has 0 aliphatic carbocycles. The van der Waals surface area contributed by atoms with Gasteiger partial charge in [-0.3, -0.25) is 0 Å². The molecule has 0 aliphatic heterocycles. The van der Waals surface area contributed by atoms with Crippen molar-refractivity contribution < 1.29 is 103 Å². The van der Waals surface area contributed by atoms with Crippen LogP contribution in [0, 0.1) is 67.2 Å². The summed E-state index contributed by atoms with van der Waals surface area (Å²) in [5, 5.41) is 0. The van der Waals surface area contributed by atoms with Gasteiger partial charge < -0.3 is 39.9 Å². The van der Waals surface area contributed by atoms with Gasteiger partial charge in [-0.05, 0) is 180 Å². The van der Waals surface area contributed by atoms with Crippen molar-refractivity contribution >= 4 is 0 Å². The van der Waals surface area contributed by atoms with Crippen molar-refractivity contribution in [3.8, 4) is 135 Å². The van der Waals surface area contributed by atoms with Gasteiger partial charge in [0, 0.05) is 148 Å². The minimum Gasteiger partial charge on any atom is -0.305 e. The first-order chi connectivity index (χ1) is 69.5. The summed E-state index contributed by atoms with van der Waals surface area (Å²) in [5.74, 6) is -3.97. The molecule has 4 radical (unpaired) electrons. The quantitative estimate of drug-likeness (QED) is 0.0882. The Labute approximate surface area is 868 Å². The molecule has 0 saturated heterocycles. The first-order valence-corrected chi connectivity index (χ1v) is 42.3. The van der Waals surface area contributed by atoms with Crippen molar-refractivity contribution in [2.45, 2.75) is 60.0 Å². The maximum absolute atomic E-state index is 14.2. The standard InChI is InChI=1S/C21H19FN.C20H18N.C19H16N.C18H14N.4C11H8N.4Ir/c1-15(2)12-19-13-17(8-10-20(19)22)18-9-11-21(23-14-18)16-6-4-3-5-7-16;1-15(2)18-10-6-7-11-19(18)17-12-13-20(21-14-17)16-8-4-3-5-9-16;1-2-15-8-6-7-11-18(15)17-12-13-19(20-14-17)16-9-4-3-5-10-16;1-14-7-5-6-10-17(14)16-11-12-18(19-13-16)15-8-3-2-4-9-15;4*1-2-6-10(7-3-1)11-8-4-5-9-12-11;;;;/h3-6,8-11,13-15H,12H2,1-2H3;3-8,10-15H,1-2H3;3-9,11-14H,2H2,1H3;2-8,10-13H,1H3;4*1-6,8-9H;;;;/q8*-1;;;;/i2*1D3,15D;1D3,2D2;;;;;;;;;. The molecule has 8 nitrogen and oxygen atoms in total. The molecule has 0 amide bonds. The Morgan fingerprint density at radius 1 is 0.281 bits per heavy atom. The van der Waals surface area contributed by atoms with E-state index < -0.39 is 44.5 Å². The van der Waals surface area contributed by atoms with E-state index in [-0.39, 0.29) is 98.0 Å². The molecule has 2 unspecified atom stereocenters. The summed E-state index contributed by atoms with van der Waals surface area (Å²) >= 11 is 0. The fourth-order valence-corrected chi connectivity index (χ4v) is 13.3. The smallest absolute Gasteiger partial charge is 0.126 e. The van der Waals surface area contributed by atoms with E-state index in [4.69, 9.17) is 17.8 Å². The molecule has 13 heteroatoms. The van der Waals surface area contributed by atoms with Crippen LogP contribution in [0.2, 0.25) is 0 Å². The van der Waals surface area contributed by atoms with Crippen LogP contribution in [0.5, 0.6) is 0 Å². The van der Waals surface area contributed by atoms with Crippen molar-refractivity contribution in [3.05, 3.63) is 533 Å². The van der Waals surface area contributed by atoms with Crippen LogP contribution in [0.4, 0.5) is 4.39 Å². The van der Waals surface area contributed by atoms with E-state index in [0.29, 0.717) is 22.3 Å². The Balaban J connectivity index is 0.000000191. The average molecular weight is 2480 g/mol. The number of pyridine rings is 8. The van der Waals surface area contributed by atoms with Gasteiger partial charge in [0.25, 0.3) is 0 Å². The van der Waals surface area contributed by atoms with Crippen LogP contribution in [0.1, 0.15) is 80.4 Å². The Bertz CT molecular complexity index is 6670. The molecule has 8 aromatic heterocycles. The molecule has 8 heterocycles. The fourth-order valence-electron chi connectivity index (χ4n) is 13.3. The van der Waals surface area contributed by atoms with E-state index in [0.717, 1.165) is 112 Å². The molecule has 0 bridgehead atoms. The van der Waals surface area contributed by atoms with Crippen LogP contribution in [0.3, 0.4) is 0 Å². The van der Waals surface area contributed by atoms with Crippen LogP contribution in [0.25, 0.3) is 135 Å². The first-order valence-electron chi connectivity index (χ1n) is 48.8. The zero-order valence-corrected chi connectivity index (χ0v) is 83.4. The second-order valence-corrected chi connectivity index (χ2v) is 29.2. The third-order valence-corrected chi connectivity index (χ3v) is 19.9. The maximum atomic E-state index is 14.2. The van der Waals surface area contributed by atoms with Gasteiger partial charge in [0.2, 0.25) is 0 Å². The van der Waals surface area contributed by atoms with Crippen molar-refractivity contribution in [2.24, 2.45) is 5.89 Å². The number of hydrogen-bond donors (Lipinski definition) is 0. The molecule has 2 atom stereocenters. The van der Waals surface area contributed by atoms with E-state index in [9.17, 15) is 4.39 Å². The Kier molecular flexibility index (Phi) is 37.1. The van der Waals surface area contributed by atoms with Gasteiger partial charge in [-0.1, -0.05) is 210 Å². The molecular weight excluding hydrogens is 2370 g/mol. The second-order valence-electron chi connectivity index (χ2n) is 29.2. The monoisotopic (exact) mass is 2480 g/mol. The van der Waals surface area contributed by atoms with E-state index >= 15 is 0 Å². The molecule has 0 fully saturated rings. The summed E-state index contributed by atoms with van der Waals surface area (Å²) in [7, 11) is 0. The molecule has 135 heavy (non-hydrogen) atoms. The molecule has 12 aromatic carbocycles. The average Bonchev–Trinajstić information content (AvgIpc) is 0.767. The first kappa shape index (κ1) is 86.8. The molecule has 0 spiro atoms. The van der Waals surface area contributed by atoms with Gasteiger partial charge in [0.15, 0.2) is 0 Å². The van der Waals surface area contributed by atoms with Crippen molar-refractivity contribution in [3.63, 3.8) is 0 Å². The predicted molar refractivity (Wildman–Crippen MR) is 537 cm³/mol.